The first-order valence-corrected chi connectivity index (χ1v) is 8.35. The lowest BCUT2D eigenvalue weighted by Crippen LogP contribution is -2.25. The molecule has 3 rings (SSSR count). The Morgan fingerprint density at radius 1 is 1.04 bits per heavy atom. The number of alkyl halides is 3. The summed E-state index contributed by atoms with van der Waals surface area (Å²) in [5, 5.41) is 8.90. The number of aromatic carboxylic acids is 1. The van der Waals surface area contributed by atoms with E-state index in [0.717, 1.165) is 0 Å². The largest absolute Gasteiger partial charge is 0.478 e. The van der Waals surface area contributed by atoms with Crippen LogP contribution in [0.3, 0.4) is 0 Å². The molecule has 0 radical (unpaired) electrons. The Labute approximate surface area is 155 Å². The van der Waals surface area contributed by atoms with E-state index in [1.165, 1.54) is 24.3 Å². The van der Waals surface area contributed by atoms with Crippen molar-refractivity contribution in [2.24, 2.45) is 0 Å². The highest BCUT2D eigenvalue weighted by Gasteiger charge is 2.40. The fraction of sp³-hybridized carbons (Fsp3) is 0.227. The Balaban J connectivity index is 1.99. The molecule has 0 unspecified atom stereocenters. The van der Waals surface area contributed by atoms with E-state index < -0.39 is 17.7 Å². The Hall–Kier alpha value is -3.00. The maximum Gasteiger partial charge on any atom is 0.416 e. The molecule has 0 bridgehead atoms. The second-order valence-electron chi connectivity index (χ2n) is 7.10. The highest BCUT2D eigenvalue weighted by Crippen LogP contribution is 2.45. The molecule has 1 N–H and O–H groups in total. The number of benzene rings is 2. The van der Waals surface area contributed by atoms with Crippen LogP contribution in [0.5, 0.6) is 0 Å². The molecule has 1 aliphatic rings. The zero-order valence-corrected chi connectivity index (χ0v) is 14.8. The summed E-state index contributed by atoms with van der Waals surface area (Å²) < 4.78 is 40.2. The molecule has 0 fully saturated rings. The second-order valence-corrected chi connectivity index (χ2v) is 7.10. The summed E-state index contributed by atoms with van der Waals surface area (Å²) in [4.78, 5) is 10.9. The number of fused-ring (bicyclic) bond motifs is 1. The fourth-order valence-corrected chi connectivity index (χ4v) is 3.12. The second kappa shape index (κ2) is 6.62. The molecule has 0 amide bonds. The Bertz CT molecular complexity index is 985. The van der Waals surface area contributed by atoms with Gasteiger partial charge >= 0.3 is 12.1 Å². The molecule has 0 saturated heterocycles. The van der Waals surface area contributed by atoms with Crippen molar-refractivity contribution < 1.29 is 23.1 Å². The van der Waals surface area contributed by atoms with Gasteiger partial charge in [0.1, 0.15) is 0 Å². The van der Waals surface area contributed by atoms with E-state index >= 15 is 0 Å². The first-order chi connectivity index (χ1) is 12.6. The van der Waals surface area contributed by atoms with Crippen molar-refractivity contribution in [2.75, 3.05) is 0 Å². The average Bonchev–Trinajstić information content (AvgIpc) is 2.59. The molecule has 0 aliphatic heterocycles. The number of carboxylic acid groups (broad SMARTS) is 1. The van der Waals surface area contributed by atoms with E-state index in [4.69, 9.17) is 5.11 Å². The molecular formula is C22H17F3O2. The van der Waals surface area contributed by atoms with Gasteiger partial charge < -0.3 is 5.11 Å². The summed E-state index contributed by atoms with van der Waals surface area (Å²) in [7, 11) is 0. The van der Waals surface area contributed by atoms with Gasteiger partial charge in [-0.05, 0) is 59.4 Å². The van der Waals surface area contributed by atoms with E-state index in [-0.39, 0.29) is 16.5 Å². The van der Waals surface area contributed by atoms with Gasteiger partial charge in [0.25, 0.3) is 0 Å². The van der Waals surface area contributed by atoms with Gasteiger partial charge in [0.2, 0.25) is 0 Å². The van der Waals surface area contributed by atoms with E-state index in [0.29, 0.717) is 23.1 Å². The monoisotopic (exact) mass is 370 g/mol. The van der Waals surface area contributed by atoms with Gasteiger partial charge in [-0.1, -0.05) is 37.8 Å². The number of carboxylic acids is 1. The van der Waals surface area contributed by atoms with Crippen LogP contribution < -0.4 is 0 Å². The summed E-state index contributed by atoms with van der Waals surface area (Å²) >= 11 is 0. The third-order valence-electron chi connectivity index (χ3n) is 4.64. The Morgan fingerprint density at radius 3 is 2.22 bits per heavy atom. The van der Waals surface area contributed by atoms with Crippen LogP contribution in [-0.2, 0) is 5.41 Å². The van der Waals surface area contributed by atoms with Crippen LogP contribution in [0.15, 0.2) is 48.5 Å². The van der Waals surface area contributed by atoms with E-state index in [9.17, 15) is 18.0 Å². The van der Waals surface area contributed by atoms with Crippen molar-refractivity contribution in [3.05, 3.63) is 76.4 Å². The minimum atomic E-state index is -4.41. The summed E-state index contributed by atoms with van der Waals surface area (Å²) in [5.41, 5.74) is 1.06. The quantitative estimate of drug-likeness (QED) is 0.682. The minimum absolute atomic E-state index is 0.150. The van der Waals surface area contributed by atoms with Crippen molar-refractivity contribution in [3.8, 4) is 11.8 Å². The predicted octanol–water partition coefficient (Wildman–Crippen LogP) is 5.41. The third kappa shape index (κ3) is 3.90. The molecule has 0 spiro atoms. The standard InChI is InChI=1S/C22H17F3O2/c1-21(2)12-11-19(22(23,24)25)17-13-15(7-10-18(17)21)4-3-14-5-8-16(9-6-14)20(26)27/h5-11,13H,12H2,1-2H3,(H,26,27). The van der Waals surface area contributed by atoms with E-state index in [2.05, 4.69) is 11.8 Å². The number of hydrogen-bond acceptors (Lipinski definition) is 1. The summed E-state index contributed by atoms with van der Waals surface area (Å²) in [6, 6.07) is 10.9. The number of halogens is 3. The summed E-state index contributed by atoms with van der Waals surface area (Å²) in [5.74, 6) is 4.70. The number of carbonyl (C=O) groups is 1. The highest BCUT2D eigenvalue weighted by molar-refractivity contribution is 5.87. The zero-order chi connectivity index (χ0) is 19.8. The van der Waals surface area contributed by atoms with E-state index in [1.54, 1.807) is 24.3 Å². The van der Waals surface area contributed by atoms with Crippen molar-refractivity contribution >= 4 is 11.5 Å². The molecule has 1 aliphatic carbocycles. The molecule has 138 valence electrons. The van der Waals surface area contributed by atoms with Gasteiger partial charge in [-0.25, -0.2) is 4.79 Å². The first-order valence-electron chi connectivity index (χ1n) is 8.35. The predicted molar refractivity (Wildman–Crippen MR) is 97.5 cm³/mol. The van der Waals surface area contributed by atoms with Crippen LogP contribution in [0.25, 0.3) is 5.57 Å². The van der Waals surface area contributed by atoms with Crippen LogP contribution in [0.4, 0.5) is 13.2 Å². The topological polar surface area (TPSA) is 37.3 Å². The zero-order valence-electron chi connectivity index (χ0n) is 14.8. The number of hydrogen-bond donors (Lipinski definition) is 1. The highest BCUT2D eigenvalue weighted by atomic mass is 19.4. The summed E-state index contributed by atoms with van der Waals surface area (Å²) in [6.45, 7) is 3.84. The van der Waals surface area contributed by atoms with Crippen LogP contribution >= 0.6 is 0 Å². The smallest absolute Gasteiger partial charge is 0.416 e. The lowest BCUT2D eigenvalue weighted by molar-refractivity contribution is -0.0694. The fourth-order valence-electron chi connectivity index (χ4n) is 3.12. The van der Waals surface area contributed by atoms with Crippen molar-refractivity contribution in [1.29, 1.82) is 0 Å². The van der Waals surface area contributed by atoms with Crippen LogP contribution in [0.1, 0.15) is 52.9 Å². The molecular weight excluding hydrogens is 353 g/mol. The van der Waals surface area contributed by atoms with Crippen LogP contribution in [0, 0.1) is 11.8 Å². The maximum absolute atomic E-state index is 13.4. The molecule has 0 saturated carbocycles. The maximum atomic E-state index is 13.4. The van der Waals surface area contributed by atoms with Gasteiger partial charge in [0, 0.05) is 11.1 Å². The van der Waals surface area contributed by atoms with Gasteiger partial charge in [0.15, 0.2) is 0 Å². The number of allylic oxidation sites excluding steroid dienone is 2. The SMILES string of the molecule is CC1(C)CC=C(C(F)(F)F)c2cc(C#Cc3ccc(C(=O)O)cc3)ccc21. The Kier molecular flexibility index (Phi) is 4.61. The first kappa shape index (κ1) is 18.8. The third-order valence-corrected chi connectivity index (χ3v) is 4.64. The van der Waals surface area contributed by atoms with Crippen LogP contribution in [-0.4, -0.2) is 17.3 Å². The molecule has 0 heterocycles. The van der Waals surface area contributed by atoms with Crippen molar-refractivity contribution in [3.63, 3.8) is 0 Å². The molecule has 0 atom stereocenters. The van der Waals surface area contributed by atoms with Gasteiger partial charge in [-0.15, -0.1) is 0 Å². The van der Waals surface area contributed by atoms with Gasteiger partial charge in [0.05, 0.1) is 11.1 Å². The normalized spacial score (nSPS) is 15.2. The lowest BCUT2D eigenvalue weighted by Gasteiger charge is -2.32. The molecule has 2 aromatic carbocycles. The molecule has 27 heavy (non-hydrogen) atoms. The number of rotatable bonds is 1. The molecule has 2 aromatic rings. The van der Waals surface area contributed by atoms with E-state index in [1.807, 2.05) is 13.8 Å². The molecule has 5 heteroatoms. The molecule has 0 aromatic heterocycles. The van der Waals surface area contributed by atoms with Crippen molar-refractivity contribution in [2.45, 2.75) is 31.9 Å². The molecule has 2 nitrogen and oxygen atoms in total. The van der Waals surface area contributed by atoms with Gasteiger partial charge in [-0.2, -0.15) is 13.2 Å². The minimum Gasteiger partial charge on any atom is -0.478 e. The van der Waals surface area contributed by atoms with Crippen molar-refractivity contribution in [1.82, 2.24) is 0 Å². The van der Waals surface area contributed by atoms with Crippen LogP contribution in [0.2, 0.25) is 0 Å². The van der Waals surface area contributed by atoms with Gasteiger partial charge in [-0.3, -0.25) is 0 Å². The lowest BCUT2D eigenvalue weighted by atomic mass is 9.73. The Morgan fingerprint density at radius 2 is 1.63 bits per heavy atom. The average molecular weight is 370 g/mol. The summed E-state index contributed by atoms with van der Waals surface area (Å²) in [6.07, 6.45) is -2.83.